The highest BCUT2D eigenvalue weighted by Crippen LogP contribution is 2.20. The number of carbonyl (C=O) groups excluding carboxylic acids is 1. The first kappa shape index (κ1) is 15.2. The van der Waals surface area contributed by atoms with Gasteiger partial charge in [-0.15, -0.1) is 5.10 Å². The average molecular weight is 325 g/mol. The Morgan fingerprint density at radius 1 is 1.22 bits per heavy atom. The van der Waals surface area contributed by atoms with Gasteiger partial charge in [0.05, 0.1) is 13.5 Å². The van der Waals surface area contributed by atoms with E-state index in [0.29, 0.717) is 6.42 Å². The summed E-state index contributed by atoms with van der Waals surface area (Å²) in [6.45, 7) is 0. The number of carbonyl (C=O) groups is 1. The molecule has 1 heterocycles. The maximum Gasteiger partial charge on any atom is 0.228 e. The zero-order valence-corrected chi connectivity index (χ0v) is 13.3. The lowest BCUT2D eigenvalue weighted by Crippen LogP contribution is -2.14. The van der Waals surface area contributed by atoms with Crippen LogP contribution in [0.2, 0.25) is 0 Å². The first-order valence-electron chi connectivity index (χ1n) is 7.05. The van der Waals surface area contributed by atoms with E-state index in [9.17, 15) is 4.79 Å². The molecule has 0 bridgehead atoms. The van der Waals surface area contributed by atoms with E-state index in [1.54, 1.807) is 7.11 Å². The molecule has 0 fully saturated rings. The standard InChI is InChI=1S/C17H15N3O2S/c1-22-15-4-2-3-12(9-15)10-17(21)18-14-7-5-13(6-8-14)16-11-23-20-19-16/h2-9,11H,10H2,1H3,(H,18,21). The minimum absolute atomic E-state index is 0.0682. The summed E-state index contributed by atoms with van der Waals surface area (Å²) in [7, 11) is 1.61. The molecule has 1 amide bonds. The molecule has 0 aliphatic heterocycles. The molecule has 0 unspecified atom stereocenters. The van der Waals surface area contributed by atoms with Gasteiger partial charge in [-0.1, -0.05) is 28.8 Å². The van der Waals surface area contributed by atoms with Crippen LogP contribution in [-0.2, 0) is 11.2 Å². The summed E-state index contributed by atoms with van der Waals surface area (Å²) in [5.41, 5.74) is 3.48. The van der Waals surface area contributed by atoms with Crippen LogP contribution in [0.4, 0.5) is 5.69 Å². The first-order chi connectivity index (χ1) is 11.2. The van der Waals surface area contributed by atoms with Gasteiger partial charge in [0.25, 0.3) is 0 Å². The number of nitrogens with one attached hydrogen (secondary N) is 1. The molecule has 3 aromatic rings. The molecule has 2 aromatic carbocycles. The average Bonchev–Trinajstić information content (AvgIpc) is 3.10. The van der Waals surface area contributed by atoms with E-state index >= 15 is 0 Å². The Labute approximate surface area is 138 Å². The molecule has 1 N–H and O–H groups in total. The number of hydrogen-bond donors (Lipinski definition) is 1. The first-order valence-corrected chi connectivity index (χ1v) is 7.88. The number of methoxy groups -OCH3 is 1. The van der Waals surface area contributed by atoms with E-state index in [1.165, 1.54) is 11.5 Å². The van der Waals surface area contributed by atoms with Crippen molar-refractivity contribution in [1.82, 2.24) is 9.59 Å². The van der Waals surface area contributed by atoms with E-state index in [4.69, 9.17) is 4.74 Å². The molecule has 1 aromatic heterocycles. The third-order valence-electron chi connectivity index (χ3n) is 3.32. The minimum Gasteiger partial charge on any atom is -0.497 e. The molecule has 0 saturated heterocycles. The van der Waals surface area contributed by atoms with E-state index in [2.05, 4.69) is 14.9 Å². The number of anilines is 1. The van der Waals surface area contributed by atoms with Crippen LogP contribution >= 0.6 is 11.5 Å². The monoisotopic (exact) mass is 325 g/mol. The highest BCUT2D eigenvalue weighted by atomic mass is 32.1. The van der Waals surface area contributed by atoms with Crippen molar-refractivity contribution in [3.63, 3.8) is 0 Å². The summed E-state index contributed by atoms with van der Waals surface area (Å²) < 4.78 is 9.00. The second kappa shape index (κ2) is 7.02. The molecule has 5 nitrogen and oxygen atoms in total. The molecular formula is C17H15N3O2S. The summed E-state index contributed by atoms with van der Waals surface area (Å²) in [6.07, 6.45) is 0.301. The Balaban J connectivity index is 1.63. The molecule has 0 aliphatic rings. The number of amides is 1. The molecule has 23 heavy (non-hydrogen) atoms. The van der Waals surface area contributed by atoms with E-state index in [1.807, 2.05) is 53.9 Å². The van der Waals surface area contributed by atoms with Crippen molar-refractivity contribution < 1.29 is 9.53 Å². The highest BCUT2D eigenvalue weighted by Gasteiger charge is 2.06. The third kappa shape index (κ3) is 3.92. The van der Waals surface area contributed by atoms with Crippen molar-refractivity contribution in [3.05, 3.63) is 59.5 Å². The maximum atomic E-state index is 12.1. The maximum absolute atomic E-state index is 12.1. The molecule has 116 valence electrons. The predicted molar refractivity (Wildman–Crippen MR) is 90.7 cm³/mol. The fourth-order valence-corrected chi connectivity index (χ4v) is 2.65. The van der Waals surface area contributed by atoms with Crippen molar-refractivity contribution in [2.75, 3.05) is 12.4 Å². The van der Waals surface area contributed by atoms with E-state index in [-0.39, 0.29) is 5.91 Å². The van der Waals surface area contributed by atoms with Crippen LogP contribution in [0, 0.1) is 0 Å². The van der Waals surface area contributed by atoms with Crippen molar-refractivity contribution in [2.45, 2.75) is 6.42 Å². The number of hydrogen-bond acceptors (Lipinski definition) is 5. The van der Waals surface area contributed by atoms with Crippen LogP contribution in [-0.4, -0.2) is 22.6 Å². The van der Waals surface area contributed by atoms with E-state index in [0.717, 1.165) is 28.3 Å². The van der Waals surface area contributed by atoms with Crippen molar-refractivity contribution in [3.8, 4) is 17.0 Å². The lowest BCUT2D eigenvalue weighted by Gasteiger charge is -2.07. The van der Waals surface area contributed by atoms with Gasteiger partial charge in [0, 0.05) is 16.6 Å². The zero-order chi connectivity index (χ0) is 16.1. The van der Waals surface area contributed by atoms with Gasteiger partial charge in [-0.25, -0.2) is 0 Å². The number of aromatic nitrogens is 2. The molecule has 0 saturated carbocycles. The van der Waals surface area contributed by atoms with Crippen molar-refractivity contribution >= 4 is 23.1 Å². The van der Waals surface area contributed by atoms with Crippen LogP contribution < -0.4 is 10.1 Å². The second-order valence-electron chi connectivity index (χ2n) is 4.94. The molecule has 0 radical (unpaired) electrons. The van der Waals surface area contributed by atoms with Crippen LogP contribution in [0.5, 0.6) is 5.75 Å². The fraction of sp³-hybridized carbons (Fsp3) is 0.118. The van der Waals surface area contributed by atoms with Gasteiger partial charge in [0.2, 0.25) is 5.91 Å². The number of benzene rings is 2. The Bertz CT molecular complexity index is 786. The predicted octanol–water partition coefficient (Wildman–Crippen LogP) is 3.39. The van der Waals surface area contributed by atoms with E-state index < -0.39 is 0 Å². The Kier molecular flexibility index (Phi) is 4.63. The largest absolute Gasteiger partial charge is 0.497 e. The molecule has 0 atom stereocenters. The van der Waals surface area contributed by atoms with Crippen molar-refractivity contribution in [2.24, 2.45) is 0 Å². The number of rotatable bonds is 5. The summed E-state index contributed by atoms with van der Waals surface area (Å²) >= 11 is 1.31. The lowest BCUT2D eigenvalue weighted by molar-refractivity contribution is -0.115. The summed E-state index contributed by atoms with van der Waals surface area (Å²) in [5.74, 6) is 0.679. The Hall–Kier alpha value is -2.73. The van der Waals surface area contributed by atoms with Crippen LogP contribution in [0.25, 0.3) is 11.3 Å². The Morgan fingerprint density at radius 2 is 2.04 bits per heavy atom. The van der Waals surface area contributed by atoms with Gasteiger partial charge < -0.3 is 10.1 Å². The molecule has 0 aliphatic carbocycles. The number of nitrogens with zero attached hydrogens (tertiary/aromatic N) is 2. The molecule has 0 spiro atoms. The second-order valence-corrected chi connectivity index (χ2v) is 5.55. The molecular weight excluding hydrogens is 310 g/mol. The van der Waals surface area contributed by atoms with Gasteiger partial charge >= 0.3 is 0 Å². The van der Waals surface area contributed by atoms with Gasteiger partial charge in [0.1, 0.15) is 11.4 Å². The molecule has 3 rings (SSSR count). The van der Waals surface area contributed by atoms with Gasteiger partial charge in [-0.05, 0) is 41.4 Å². The highest BCUT2D eigenvalue weighted by molar-refractivity contribution is 7.03. The van der Waals surface area contributed by atoms with Crippen LogP contribution in [0.1, 0.15) is 5.56 Å². The summed E-state index contributed by atoms with van der Waals surface area (Å²) in [5, 5.41) is 8.79. The summed E-state index contributed by atoms with van der Waals surface area (Å²) in [4.78, 5) is 12.1. The number of ether oxygens (including phenoxy) is 1. The summed E-state index contributed by atoms with van der Waals surface area (Å²) in [6, 6.07) is 15.0. The third-order valence-corrected chi connectivity index (χ3v) is 3.83. The normalized spacial score (nSPS) is 10.3. The topological polar surface area (TPSA) is 64.1 Å². The van der Waals surface area contributed by atoms with Gasteiger partial charge in [-0.3, -0.25) is 4.79 Å². The smallest absolute Gasteiger partial charge is 0.228 e. The Morgan fingerprint density at radius 3 is 2.74 bits per heavy atom. The van der Waals surface area contributed by atoms with Crippen molar-refractivity contribution in [1.29, 1.82) is 0 Å². The zero-order valence-electron chi connectivity index (χ0n) is 12.5. The quantitative estimate of drug-likeness (QED) is 0.781. The van der Waals surface area contributed by atoms with Crippen LogP contribution in [0.3, 0.4) is 0 Å². The fourth-order valence-electron chi connectivity index (χ4n) is 2.19. The van der Waals surface area contributed by atoms with Crippen LogP contribution in [0.15, 0.2) is 53.9 Å². The van der Waals surface area contributed by atoms with Gasteiger partial charge in [0.15, 0.2) is 0 Å². The SMILES string of the molecule is COc1cccc(CC(=O)Nc2ccc(-c3csnn3)cc2)c1. The minimum atomic E-state index is -0.0682. The van der Waals surface area contributed by atoms with Gasteiger partial charge in [-0.2, -0.15) is 0 Å². The molecule has 6 heteroatoms. The lowest BCUT2D eigenvalue weighted by atomic mass is 10.1.